The first-order valence-electron chi connectivity index (χ1n) is 5.59. The maximum Gasteiger partial charge on any atom is 0.135 e. The molecule has 0 spiro atoms. The fourth-order valence-corrected chi connectivity index (χ4v) is 2.22. The number of carbonyl (C=O) groups excluding carboxylic acids is 1. The number of rotatable bonds is 2. The topological polar surface area (TPSA) is 57.5 Å². The standard InChI is InChI=1S/C12H22O3/c1-8(13)11(2,3)9-5-6-12(4,15)10(14)7-9/h9-10,14-15H,5-7H2,1-4H3. The first-order valence-corrected chi connectivity index (χ1v) is 5.59. The van der Waals surface area contributed by atoms with Crippen molar-refractivity contribution < 1.29 is 15.0 Å². The zero-order valence-corrected chi connectivity index (χ0v) is 10.1. The highest BCUT2D eigenvalue weighted by molar-refractivity contribution is 5.81. The molecule has 0 bridgehead atoms. The molecule has 0 heterocycles. The van der Waals surface area contributed by atoms with Crippen molar-refractivity contribution >= 4 is 5.78 Å². The molecule has 1 rings (SSSR count). The molecular weight excluding hydrogens is 192 g/mol. The van der Waals surface area contributed by atoms with Crippen molar-refractivity contribution in [3.05, 3.63) is 0 Å². The number of hydrogen-bond acceptors (Lipinski definition) is 3. The highest BCUT2D eigenvalue weighted by atomic mass is 16.3. The van der Waals surface area contributed by atoms with Gasteiger partial charge in [0, 0.05) is 5.41 Å². The van der Waals surface area contributed by atoms with Gasteiger partial charge in [-0.2, -0.15) is 0 Å². The molecule has 0 aliphatic heterocycles. The highest BCUT2D eigenvalue weighted by Crippen LogP contribution is 2.42. The Morgan fingerprint density at radius 3 is 2.40 bits per heavy atom. The van der Waals surface area contributed by atoms with E-state index in [2.05, 4.69) is 0 Å². The Labute approximate surface area is 91.5 Å². The highest BCUT2D eigenvalue weighted by Gasteiger charge is 2.44. The van der Waals surface area contributed by atoms with Gasteiger partial charge in [0.1, 0.15) is 5.78 Å². The second-order valence-corrected chi connectivity index (χ2v) is 5.62. The Morgan fingerprint density at radius 1 is 1.47 bits per heavy atom. The van der Waals surface area contributed by atoms with Crippen molar-refractivity contribution in [2.45, 2.75) is 58.7 Å². The molecule has 0 amide bonds. The van der Waals surface area contributed by atoms with Gasteiger partial charge in [0.25, 0.3) is 0 Å². The third-order valence-electron chi connectivity index (χ3n) is 4.15. The molecule has 0 radical (unpaired) electrons. The first-order chi connectivity index (χ1) is 6.68. The van der Waals surface area contributed by atoms with E-state index >= 15 is 0 Å². The van der Waals surface area contributed by atoms with Crippen LogP contribution in [0.2, 0.25) is 0 Å². The van der Waals surface area contributed by atoms with Gasteiger partial charge in [-0.25, -0.2) is 0 Å². The number of aliphatic hydroxyl groups excluding tert-OH is 1. The summed E-state index contributed by atoms with van der Waals surface area (Å²) in [5, 5.41) is 19.6. The average Bonchev–Trinajstić information content (AvgIpc) is 2.09. The second-order valence-electron chi connectivity index (χ2n) is 5.62. The third kappa shape index (κ3) is 2.40. The minimum atomic E-state index is -0.983. The summed E-state index contributed by atoms with van der Waals surface area (Å²) in [7, 11) is 0. The molecule has 0 aromatic carbocycles. The zero-order chi connectivity index (χ0) is 11.9. The van der Waals surface area contributed by atoms with Crippen LogP contribution in [0.4, 0.5) is 0 Å². The minimum absolute atomic E-state index is 0.154. The molecule has 15 heavy (non-hydrogen) atoms. The summed E-state index contributed by atoms with van der Waals surface area (Å²) < 4.78 is 0. The maximum atomic E-state index is 11.5. The van der Waals surface area contributed by atoms with Crippen LogP contribution in [-0.4, -0.2) is 27.7 Å². The predicted molar refractivity (Wildman–Crippen MR) is 58.4 cm³/mol. The first kappa shape index (κ1) is 12.7. The van der Waals surface area contributed by atoms with E-state index in [4.69, 9.17) is 0 Å². The number of carbonyl (C=O) groups is 1. The molecule has 0 aromatic rings. The van der Waals surface area contributed by atoms with Crippen LogP contribution in [0, 0.1) is 11.3 Å². The van der Waals surface area contributed by atoms with Gasteiger partial charge in [0.2, 0.25) is 0 Å². The van der Waals surface area contributed by atoms with Gasteiger partial charge in [-0.3, -0.25) is 4.79 Å². The molecule has 0 aromatic heterocycles. The van der Waals surface area contributed by atoms with Crippen LogP contribution in [0.5, 0.6) is 0 Å². The summed E-state index contributed by atoms with van der Waals surface area (Å²) in [6.07, 6.45) is 1.17. The van der Waals surface area contributed by atoms with E-state index in [1.54, 1.807) is 13.8 Å². The molecule has 2 N–H and O–H groups in total. The third-order valence-corrected chi connectivity index (χ3v) is 4.15. The predicted octanol–water partition coefficient (Wildman–Crippen LogP) is 1.51. The van der Waals surface area contributed by atoms with Crippen LogP contribution in [0.1, 0.15) is 47.0 Å². The van der Waals surface area contributed by atoms with Crippen LogP contribution < -0.4 is 0 Å². The normalized spacial score (nSPS) is 37.7. The molecule has 3 heteroatoms. The van der Waals surface area contributed by atoms with Crippen LogP contribution in [0.15, 0.2) is 0 Å². The van der Waals surface area contributed by atoms with Gasteiger partial charge in [-0.1, -0.05) is 13.8 Å². The van der Waals surface area contributed by atoms with Crippen molar-refractivity contribution in [3.8, 4) is 0 Å². The summed E-state index contributed by atoms with van der Waals surface area (Å²) in [5.74, 6) is 0.325. The molecule has 1 fully saturated rings. The van der Waals surface area contributed by atoms with Gasteiger partial charge in [-0.15, -0.1) is 0 Å². The van der Waals surface area contributed by atoms with Crippen LogP contribution in [-0.2, 0) is 4.79 Å². The van der Waals surface area contributed by atoms with E-state index in [0.29, 0.717) is 12.8 Å². The minimum Gasteiger partial charge on any atom is -0.390 e. The van der Waals surface area contributed by atoms with E-state index in [9.17, 15) is 15.0 Å². The van der Waals surface area contributed by atoms with Gasteiger partial charge in [0.15, 0.2) is 0 Å². The summed E-state index contributed by atoms with van der Waals surface area (Å²) in [5.41, 5.74) is -1.37. The van der Waals surface area contributed by atoms with E-state index in [1.807, 2.05) is 13.8 Å². The lowest BCUT2D eigenvalue weighted by atomic mass is 9.65. The van der Waals surface area contributed by atoms with Gasteiger partial charge >= 0.3 is 0 Å². The molecule has 1 aliphatic carbocycles. The monoisotopic (exact) mass is 214 g/mol. The van der Waals surface area contributed by atoms with E-state index in [1.165, 1.54) is 0 Å². The summed E-state index contributed by atoms with van der Waals surface area (Å²) in [6, 6.07) is 0. The van der Waals surface area contributed by atoms with E-state index < -0.39 is 17.1 Å². The number of ketones is 1. The zero-order valence-electron chi connectivity index (χ0n) is 10.1. The molecule has 3 nitrogen and oxygen atoms in total. The quantitative estimate of drug-likeness (QED) is 0.732. The number of hydrogen-bond donors (Lipinski definition) is 2. The summed E-state index contributed by atoms with van der Waals surface area (Å²) in [4.78, 5) is 11.5. The molecule has 3 atom stereocenters. The molecular formula is C12H22O3. The van der Waals surface area contributed by atoms with Crippen molar-refractivity contribution in [1.29, 1.82) is 0 Å². The van der Waals surface area contributed by atoms with Crippen LogP contribution in [0.3, 0.4) is 0 Å². The van der Waals surface area contributed by atoms with Gasteiger partial charge in [-0.05, 0) is 39.0 Å². The molecule has 3 unspecified atom stereocenters. The lowest BCUT2D eigenvalue weighted by molar-refractivity contribution is -0.137. The smallest absolute Gasteiger partial charge is 0.135 e. The van der Waals surface area contributed by atoms with E-state index in [0.717, 1.165) is 6.42 Å². The maximum absolute atomic E-state index is 11.5. The fourth-order valence-electron chi connectivity index (χ4n) is 2.22. The fraction of sp³-hybridized carbons (Fsp3) is 0.917. The molecule has 88 valence electrons. The lowest BCUT2D eigenvalue weighted by Crippen LogP contribution is -2.48. The van der Waals surface area contributed by atoms with E-state index in [-0.39, 0.29) is 11.7 Å². The Hall–Kier alpha value is -0.410. The molecule has 1 aliphatic rings. The van der Waals surface area contributed by atoms with Crippen LogP contribution >= 0.6 is 0 Å². The largest absolute Gasteiger partial charge is 0.390 e. The molecule has 0 saturated heterocycles. The Kier molecular flexibility index (Phi) is 3.27. The number of aliphatic hydroxyl groups is 2. The van der Waals surface area contributed by atoms with Crippen molar-refractivity contribution in [1.82, 2.24) is 0 Å². The Bertz CT molecular complexity index is 256. The molecule has 1 saturated carbocycles. The van der Waals surface area contributed by atoms with Crippen molar-refractivity contribution in [2.24, 2.45) is 11.3 Å². The Balaban J connectivity index is 2.74. The lowest BCUT2D eigenvalue weighted by Gasteiger charge is -2.43. The summed E-state index contributed by atoms with van der Waals surface area (Å²) in [6.45, 7) is 7.10. The van der Waals surface area contributed by atoms with Gasteiger partial charge in [0.05, 0.1) is 11.7 Å². The SMILES string of the molecule is CC(=O)C(C)(C)C1CCC(C)(O)C(O)C1. The Morgan fingerprint density at radius 2 is 2.00 bits per heavy atom. The van der Waals surface area contributed by atoms with Crippen molar-refractivity contribution in [3.63, 3.8) is 0 Å². The summed E-state index contributed by atoms with van der Waals surface area (Å²) >= 11 is 0. The van der Waals surface area contributed by atoms with Crippen LogP contribution in [0.25, 0.3) is 0 Å². The average molecular weight is 214 g/mol. The van der Waals surface area contributed by atoms with Gasteiger partial charge < -0.3 is 10.2 Å². The van der Waals surface area contributed by atoms with Crippen molar-refractivity contribution in [2.75, 3.05) is 0 Å². The number of Topliss-reactive ketones (excluding diaryl/α,β-unsaturated/α-hetero) is 1. The second kappa shape index (κ2) is 3.87.